The number of para-hydroxylation sites is 2. The van der Waals surface area contributed by atoms with E-state index in [0.717, 1.165) is 41.0 Å². The number of carbonyl (C=O) groups is 1. The Morgan fingerprint density at radius 1 is 1.12 bits per heavy atom. The van der Waals surface area contributed by atoms with E-state index in [1.807, 2.05) is 48.5 Å². The molecule has 1 aliphatic rings. The number of aromatic nitrogens is 3. The van der Waals surface area contributed by atoms with Gasteiger partial charge in [-0.15, -0.1) is 0 Å². The average Bonchev–Trinajstić information content (AvgIpc) is 3.23. The van der Waals surface area contributed by atoms with Gasteiger partial charge in [-0.05, 0) is 49.2 Å². The molecule has 4 aromatic rings. The largest absolute Gasteiger partial charge is 0.360 e. The van der Waals surface area contributed by atoms with E-state index in [4.69, 9.17) is 4.52 Å². The van der Waals surface area contributed by atoms with E-state index in [1.54, 1.807) is 6.07 Å². The van der Waals surface area contributed by atoms with Crippen LogP contribution in [0, 0.1) is 0 Å². The number of H-pyrrole nitrogens is 1. The number of rotatable bonds is 4. The third kappa shape index (κ3) is 2.75. The first-order valence-electron chi connectivity index (χ1n) is 8.59. The van der Waals surface area contributed by atoms with Gasteiger partial charge in [0.1, 0.15) is 11.6 Å². The molecule has 2 N–H and O–H groups in total. The number of hydrogen-bond donors (Lipinski definition) is 2. The Bertz CT molecular complexity index is 1060. The lowest BCUT2D eigenvalue weighted by Gasteiger charge is -2.03. The van der Waals surface area contributed by atoms with Crippen molar-refractivity contribution in [1.82, 2.24) is 15.1 Å². The average molecular weight is 344 g/mol. The molecule has 0 bridgehead atoms. The Morgan fingerprint density at radius 2 is 1.92 bits per heavy atom. The summed E-state index contributed by atoms with van der Waals surface area (Å²) in [7, 11) is 0. The van der Waals surface area contributed by atoms with Crippen LogP contribution in [0.5, 0.6) is 0 Å². The zero-order chi connectivity index (χ0) is 17.5. The van der Waals surface area contributed by atoms with E-state index in [0.29, 0.717) is 17.3 Å². The summed E-state index contributed by atoms with van der Waals surface area (Å²) in [4.78, 5) is 20.2. The van der Waals surface area contributed by atoms with Crippen molar-refractivity contribution in [2.24, 2.45) is 0 Å². The number of anilines is 1. The molecular weight excluding hydrogens is 328 g/mol. The lowest BCUT2D eigenvalue weighted by molar-refractivity contribution is 0.101. The van der Waals surface area contributed by atoms with Crippen molar-refractivity contribution in [3.63, 3.8) is 0 Å². The van der Waals surface area contributed by atoms with Crippen LogP contribution in [0.4, 0.5) is 5.69 Å². The van der Waals surface area contributed by atoms with Gasteiger partial charge in [-0.3, -0.25) is 4.79 Å². The number of imidazole rings is 1. The standard InChI is InChI=1S/C20H16N4O2/c25-20(17-11-18(26-24-17)12-5-6-12)21-14-9-7-13(8-10-14)19-22-15-3-1-2-4-16(15)23-19/h1-4,7-12H,5-6H2,(H,21,25)(H,22,23). The second-order valence-corrected chi connectivity index (χ2v) is 6.52. The molecule has 1 amide bonds. The van der Waals surface area contributed by atoms with Gasteiger partial charge in [0, 0.05) is 23.2 Å². The second kappa shape index (κ2) is 5.84. The molecule has 26 heavy (non-hydrogen) atoms. The highest BCUT2D eigenvalue weighted by molar-refractivity contribution is 6.02. The summed E-state index contributed by atoms with van der Waals surface area (Å²) in [6.07, 6.45) is 2.22. The summed E-state index contributed by atoms with van der Waals surface area (Å²) in [5.41, 5.74) is 3.89. The molecular formula is C20H16N4O2. The fourth-order valence-corrected chi connectivity index (χ4v) is 2.95. The molecule has 5 rings (SSSR count). The molecule has 0 aliphatic heterocycles. The fourth-order valence-electron chi connectivity index (χ4n) is 2.95. The molecule has 0 radical (unpaired) electrons. The van der Waals surface area contributed by atoms with Gasteiger partial charge in [-0.25, -0.2) is 4.98 Å². The summed E-state index contributed by atoms with van der Waals surface area (Å²) < 4.78 is 5.23. The summed E-state index contributed by atoms with van der Waals surface area (Å²) in [5.74, 6) is 1.77. The van der Waals surface area contributed by atoms with Crippen LogP contribution in [0.25, 0.3) is 22.4 Å². The van der Waals surface area contributed by atoms with Crippen molar-refractivity contribution in [2.45, 2.75) is 18.8 Å². The van der Waals surface area contributed by atoms with Crippen LogP contribution in [-0.4, -0.2) is 21.0 Å². The van der Waals surface area contributed by atoms with Crippen molar-refractivity contribution in [3.8, 4) is 11.4 Å². The fraction of sp³-hybridized carbons (Fsp3) is 0.150. The van der Waals surface area contributed by atoms with Crippen LogP contribution in [-0.2, 0) is 0 Å². The number of carbonyl (C=O) groups excluding carboxylic acids is 1. The second-order valence-electron chi connectivity index (χ2n) is 6.52. The minimum absolute atomic E-state index is 0.267. The first-order chi connectivity index (χ1) is 12.8. The van der Waals surface area contributed by atoms with Crippen LogP contribution in [0.15, 0.2) is 59.1 Å². The summed E-state index contributed by atoms with van der Waals surface area (Å²) in [5, 5.41) is 6.71. The van der Waals surface area contributed by atoms with Crippen molar-refractivity contribution in [3.05, 3.63) is 66.1 Å². The van der Waals surface area contributed by atoms with Gasteiger partial charge < -0.3 is 14.8 Å². The SMILES string of the molecule is O=C(Nc1ccc(-c2nc3ccccc3[nH]2)cc1)c1cc(C2CC2)on1. The molecule has 1 saturated carbocycles. The minimum Gasteiger partial charge on any atom is -0.360 e. The maximum absolute atomic E-state index is 12.3. The van der Waals surface area contributed by atoms with Crippen LogP contribution in [0.1, 0.15) is 35.0 Å². The van der Waals surface area contributed by atoms with Crippen molar-refractivity contribution < 1.29 is 9.32 Å². The Balaban J connectivity index is 1.33. The zero-order valence-electron chi connectivity index (χ0n) is 13.9. The van der Waals surface area contributed by atoms with E-state index in [1.165, 1.54) is 0 Å². The monoisotopic (exact) mass is 344 g/mol. The van der Waals surface area contributed by atoms with E-state index in [9.17, 15) is 4.79 Å². The number of aromatic amines is 1. The summed E-state index contributed by atoms with van der Waals surface area (Å²) in [6.45, 7) is 0. The maximum atomic E-state index is 12.3. The van der Waals surface area contributed by atoms with Gasteiger partial charge in [-0.2, -0.15) is 0 Å². The molecule has 0 atom stereocenters. The van der Waals surface area contributed by atoms with Gasteiger partial charge in [0.15, 0.2) is 5.69 Å². The van der Waals surface area contributed by atoms with Crippen molar-refractivity contribution in [1.29, 1.82) is 0 Å². The van der Waals surface area contributed by atoms with E-state index < -0.39 is 0 Å². The Hall–Kier alpha value is -3.41. The normalized spacial score (nSPS) is 13.8. The molecule has 0 spiro atoms. The topological polar surface area (TPSA) is 83.8 Å². The van der Waals surface area contributed by atoms with Crippen molar-refractivity contribution >= 4 is 22.6 Å². The quantitative estimate of drug-likeness (QED) is 0.576. The first kappa shape index (κ1) is 14.9. The highest BCUT2D eigenvalue weighted by atomic mass is 16.5. The highest BCUT2D eigenvalue weighted by Crippen LogP contribution is 2.40. The number of fused-ring (bicyclic) bond motifs is 1. The lowest BCUT2D eigenvalue weighted by Crippen LogP contribution is -2.12. The molecule has 2 aromatic heterocycles. The molecule has 128 valence electrons. The third-order valence-corrected chi connectivity index (χ3v) is 4.55. The molecule has 1 fully saturated rings. The number of nitrogens with one attached hydrogen (secondary N) is 2. The zero-order valence-corrected chi connectivity index (χ0v) is 13.9. The van der Waals surface area contributed by atoms with Crippen LogP contribution >= 0.6 is 0 Å². The molecule has 6 heteroatoms. The Labute approximate surface area is 149 Å². The smallest absolute Gasteiger partial charge is 0.277 e. The molecule has 0 saturated heterocycles. The predicted octanol–water partition coefficient (Wildman–Crippen LogP) is 4.35. The molecule has 6 nitrogen and oxygen atoms in total. The van der Waals surface area contributed by atoms with Gasteiger partial charge >= 0.3 is 0 Å². The number of amides is 1. The van der Waals surface area contributed by atoms with E-state index in [2.05, 4.69) is 20.4 Å². The first-order valence-corrected chi connectivity index (χ1v) is 8.59. The predicted molar refractivity (Wildman–Crippen MR) is 98.0 cm³/mol. The lowest BCUT2D eigenvalue weighted by atomic mass is 10.2. The summed E-state index contributed by atoms with van der Waals surface area (Å²) in [6, 6.07) is 17.2. The van der Waals surface area contributed by atoms with E-state index in [-0.39, 0.29) is 5.91 Å². The minimum atomic E-state index is -0.267. The number of hydrogen-bond acceptors (Lipinski definition) is 4. The molecule has 2 heterocycles. The van der Waals surface area contributed by atoms with Gasteiger partial charge in [0.05, 0.1) is 11.0 Å². The molecule has 0 unspecified atom stereocenters. The van der Waals surface area contributed by atoms with Crippen LogP contribution < -0.4 is 5.32 Å². The Morgan fingerprint density at radius 3 is 2.69 bits per heavy atom. The Kier molecular flexibility index (Phi) is 3.35. The number of nitrogens with zero attached hydrogens (tertiary/aromatic N) is 2. The van der Waals surface area contributed by atoms with Crippen molar-refractivity contribution in [2.75, 3.05) is 5.32 Å². The van der Waals surface area contributed by atoms with E-state index >= 15 is 0 Å². The number of benzene rings is 2. The van der Waals surface area contributed by atoms with Crippen LogP contribution in [0.3, 0.4) is 0 Å². The molecule has 1 aliphatic carbocycles. The molecule has 2 aromatic carbocycles. The van der Waals surface area contributed by atoms with Gasteiger partial charge in [0.25, 0.3) is 5.91 Å². The maximum Gasteiger partial charge on any atom is 0.277 e. The summed E-state index contributed by atoms with van der Waals surface area (Å²) >= 11 is 0. The third-order valence-electron chi connectivity index (χ3n) is 4.55. The van der Waals surface area contributed by atoms with Crippen LogP contribution in [0.2, 0.25) is 0 Å². The van der Waals surface area contributed by atoms with Gasteiger partial charge in [-0.1, -0.05) is 17.3 Å². The van der Waals surface area contributed by atoms with Gasteiger partial charge in [0.2, 0.25) is 0 Å². The highest BCUT2D eigenvalue weighted by Gasteiger charge is 2.28.